The van der Waals surface area contributed by atoms with Crippen LogP contribution in [0.15, 0.2) is 24.3 Å². The predicted molar refractivity (Wildman–Crippen MR) is 72.0 cm³/mol. The van der Waals surface area contributed by atoms with Gasteiger partial charge >= 0.3 is 0 Å². The highest BCUT2D eigenvalue weighted by Gasteiger charge is 2.19. The van der Waals surface area contributed by atoms with Gasteiger partial charge in [-0.15, -0.1) is 0 Å². The molecule has 0 unspecified atom stereocenters. The minimum Gasteiger partial charge on any atom is -0.320 e. The highest BCUT2D eigenvalue weighted by molar-refractivity contribution is 5.28. The van der Waals surface area contributed by atoms with E-state index in [1.807, 2.05) is 7.05 Å². The lowest BCUT2D eigenvalue weighted by molar-refractivity contribution is 0.468. The Balaban J connectivity index is 2.71. The first-order chi connectivity index (χ1) is 7.60. The summed E-state index contributed by atoms with van der Waals surface area (Å²) in [4.78, 5) is 0. The van der Waals surface area contributed by atoms with Crippen molar-refractivity contribution >= 4 is 0 Å². The van der Waals surface area contributed by atoms with Gasteiger partial charge in [0.2, 0.25) is 0 Å². The van der Waals surface area contributed by atoms with Gasteiger partial charge in [0.25, 0.3) is 0 Å². The third kappa shape index (κ3) is 3.64. The quantitative estimate of drug-likeness (QED) is 0.772. The Morgan fingerprint density at radius 2 is 1.75 bits per heavy atom. The van der Waals surface area contributed by atoms with E-state index < -0.39 is 0 Å². The summed E-state index contributed by atoms with van der Waals surface area (Å²) in [5.74, 6) is 0. The van der Waals surface area contributed by atoms with Crippen LogP contribution in [0.4, 0.5) is 0 Å². The summed E-state index contributed by atoms with van der Waals surface area (Å²) in [7, 11) is 2.01. The molecule has 1 aromatic carbocycles. The van der Waals surface area contributed by atoms with Crippen LogP contribution in [0.5, 0.6) is 0 Å². The fourth-order valence-corrected chi connectivity index (χ4v) is 1.99. The van der Waals surface area contributed by atoms with Crippen molar-refractivity contribution in [3.8, 4) is 0 Å². The van der Waals surface area contributed by atoms with Crippen LogP contribution < -0.4 is 5.32 Å². The van der Waals surface area contributed by atoms with Gasteiger partial charge < -0.3 is 5.32 Å². The fourth-order valence-electron chi connectivity index (χ4n) is 1.99. The molecule has 1 N–H and O–H groups in total. The first-order valence-corrected chi connectivity index (χ1v) is 6.34. The van der Waals surface area contributed by atoms with Crippen molar-refractivity contribution in [2.24, 2.45) is 0 Å². The minimum atomic E-state index is 0.272. The highest BCUT2D eigenvalue weighted by Crippen LogP contribution is 2.26. The molecular weight excluding hydrogens is 194 g/mol. The SMILES string of the molecule is CCCc1ccc(C(C)(C)CCNC)cc1. The second-order valence-electron chi connectivity index (χ2n) is 5.18. The molecule has 0 aliphatic carbocycles. The summed E-state index contributed by atoms with van der Waals surface area (Å²) in [5.41, 5.74) is 3.17. The van der Waals surface area contributed by atoms with E-state index in [0.29, 0.717) is 0 Å². The van der Waals surface area contributed by atoms with Crippen molar-refractivity contribution in [1.29, 1.82) is 0 Å². The molecule has 1 heteroatoms. The molecule has 0 amide bonds. The second-order valence-corrected chi connectivity index (χ2v) is 5.18. The molecule has 0 saturated carbocycles. The van der Waals surface area contributed by atoms with Crippen molar-refractivity contribution in [1.82, 2.24) is 5.32 Å². The lowest BCUT2D eigenvalue weighted by Gasteiger charge is -2.25. The first-order valence-electron chi connectivity index (χ1n) is 6.34. The van der Waals surface area contributed by atoms with Gasteiger partial charge in [0.05, 0.1) is 0 Å². The third-order valence-electron chi connectivity index (χ3n) is 3.27. The van der Waals surface area contributed by atoms with Gasteiger partial charge in [-0.3, -0.25) is 0 Å². The monoisotopic (exact) mass is 219 g/mol. The topological polar surface area (TPSA) is 12.0 Å². The van der Waals surface area contributed by atoms with Crippen molar-refractivity contribution in [2.45, 2.75) is 45.4 Å². The van der Waals surface area contributed by atoms with Crippen molar-refractivity contribution < 1.29 is 0 Å². The van der Waals surface area contributed by atoms with Gasteiger partial charge in [-0.25, -0.2) is 0 Å². The lowest BCUT2D eigenvalue weighted by Crippen LogP contribution is -2.23. The van der Waals surface area contributed by atoms with Gasteiger partial charge in [-0.05, 0) is 43.0 Å². The minimum absolute atomic E-state index is 0.272. The average molecular weight is 219 g/mol. The molecule has 0 aliphatic rings. The summed E-state index contributed by atoms with van der Waals surface area (Å²) in [6, 6.07) is 9.14. The highest BCUT2D eigenvalue weighted by atomic mass is 14.8. The van der Waals surface area contributed by atoms with Crippen LogP contribution in [-0.4, -0.2) is 13.6 Å². The number of benzene rings is 1. The Bertz CT molecular complexity index is 298. The average Bonchev–Trinajstić information content (AvgIpc) is 2.28. The predicted octanol–water partition coefficient (Wildman–Crippen LogP) is 3.53. The van der Waals surface area contributed by atoms with Crippen molar-refractivity contribution in [3.05, 3.63) is 35.4 Å². The van der Waals surface area contributed by atoms with E-state index >= 15 is 0 Å². The number of rotatable bonds is 6. The maximum atomic E-state index is 3.23. The van der Waals surface area contributed by atoms with Crippen LogP contribution in [0.3, 0.4) is 0 Å². The number of hydrogen-bond donors (Lipinski definition) is 1. The van der Waals surface area contributed by atoms with E-state index in [1.54, 1.807) is 0 Å². The summed E-state index contributed by atoms with van der Waals surface area (Å²) < 4.78 is 0. The van der Waals surface area contributed by atoms with Crippen LogP contribution in [0, 0.1) is 0 Å². The van der Waals surface area contributed by atoms with E-state index in [4.69, 9.17) is 0 Å². The Morgan fingerprint density at radius 3 is 2.25 bits per heavy atom. The Kier molecular flexibility index (Phi) is 5.01. The fraction of sp³-hybridized carbons (Fsp3) is 0.600. The van der Waals surface area contributed by atoms with Crippen molar-refractivity contribution in [2.75, 3.05) is 13.6 Å². The van der Waals surface area contributed by atoms with E-state index in [-0.39, 0.29) is 5.41 Å². The molecular formula is C15H25N. The van der Waals surface area contributed by atoms with Crippen LogP contribution in [-0.2, 0) is 11.8 Å². The van der Waals surface area contributed by atoms with Crippen LogP contribution in [0.2, 0.25) is 0 Å². The molecule has 90 valence electrons. The molecule has 1 rings (SSSR count). The molecule has 0 atom stereocenters. The van der Waals surface area contributed by atoms with E-state index in [9.17, 15) is 0 Å². The van der Waals surface area contributed by atoms with Crippen molar-refractivity contribution in [3.63, 3.8) is 0 Å². The summed E-state index contributed by atoms with van der Waals surface area (Å²) in [6.45, 7) is 7.94. The Hall–Kier alpha value is -0.820. The molecule has 0 fully saturated rings. The van der Waals surface area contributed by atoms with Gasteiger partial charge in [0.15, 0.2) is 0 Å². The molecule has 0 radical (unpaired) electrons. The molecule has 0 bridgehead atoms. The second kappa shape index (κ2) is 6.05. The Morgan fingerprint density at radius 1 is 1.12 bits per heavy atom. The van der Waals surface area contributed by atoms with Gasteiger partial charge in [-0.1, -0.05) is 51.5 Å². The summed E-state index contributed by atoms with van der Waals surface area (Å²) >= 11 is 0. The smallest absolute Gasteiger partial charge is 0.00436 e. The summed E-state index contributed by atoms with van der Waals surface area (Å²) in [5, 5.41) is 3.23. The zero-order chi connectivity index (χ0) is 12.0. The van der Waals surface area contributed by atoms with Crippen LogP contribution >= 0.6 is 0 Å². The van der Waals surface area contributed by atoms with E-state index in [0.717, 1.165) is 6.54 Å². The summed E-state index contributed by atoms with van der Waals surface area (Å²) in [6.07, 6.45) is 3.59. The molecule has 0 heterocycles. The lowest BCUT2D eigenvalue weighted by atomic mass is 9.81. The standard InChI is InChI=1S/C15H25N/c1-5-6-13-7-9-14(10-8-13)15(2,3)11-12-16-4/h7-10,16H,5-6,11-12H2,1-4H3. The van der Waals surface area contributed by atoms with Gasteiger partial charge in [-0.2, -0.15) is 0 Å². The maximum Gasteiger partial charge on any atom is -0.00436 e. The number of aryl methyl sites for hydroxylation is 1. The molecule has 0 aromatic heterocycles. The van der Waals surface area contributed by atoms with Crippen LogP contribution in [0.1, 0.15) is 44.7 Å². The molecule has 0 spiro atoms. The Labute approximate surface area is 100 Å². The number of nitrogens with one attached hydrogen (secondary N) is 1. The van der Waals surface area contributed by atoms with Gasteiger partial charge in [0, 0.05) is 0 Å². The largest absolute Gasteiger partial charge is 0.320 e. The number of hydrogen-bond acceptors (Lipinski definition) is 1. The zero-order valence-electron chi connectivity index (χ0n) is 11.1. The molecule has 0 saturated heterocycles. The van der Waals surface area contributed by atoms with Crippen LogP contribution in [0.25, 0.3) is 0 Å². The maximum absolute atomic E-state index is 3.23. The molecule has 0 aliphatic heterocycles. The van der Waals surface area contributed by atoms with E-state index in [1.165, 1.54) is 30.4 Å². The third-order valence-corrected chi connectivity index (χ3v) is 3.27. The normalized spacial score (nSPS) is 11.8. The zero-order valence-corrected chi connectivity index (χ0v) is 11.1. The molecule has 1 aromatic rings. The van der Waals surface area contributed by atoms with Gasteiger partial charge in [0.1, 0.15) is 0 Å². The van der Waals surface area contributed by atoms with E-state index in [2.05, 4.69) is 50.4 Å². The molecule has 1 nitrogen and oxygen atoms in total. The first kappa shape index (κ1) is 13.2. The molecule has 16 heavy (non-hydrogen) atoms.